The van der Waals surface area contributed by atoms with Crippen molar-refractivity contribution in [3.63, 3.8) is 0 Å². The van der Waals surface area contributed by atoms with Gasteiger partial charge in [0.25, 0.3) is 0 Å². The minimum atomic E-state index is -0.0136. The molecule has 0 aliphatic heterocycles. The van der Waals surface area contributed by atoms with Gasteiger partial charge in [-0.15, -0.1) is 0 Å². The molecule has 0 atom stereocenters. The van der Waals surface area contributed by atoms with Crippen molar-refractivity contribution in [2.45, 2.75) is 106 Å². The predicted molar refractivity (Wildman–Crippen MR) is 205 cm³/mol. The fraction of sp³-hybridized carbons (Fsp3) is 0.348. The van der Waals surface area contributed by atoms with E-state index in [0.29, 0.717) is 0 Å². The lowest BCUT2D eigenvalue weighted by molar-refractivity contribution is 0.475. The van der Waals surface area contributed by atoms with Gasteiger partial charge in [-0.1, -0.05) is 117 Å². The molecule has 0 bridgehead atoms. The molecule has 0 aliphatic rings. The molecule has 0 saturated carbocycles. The first kappa shape index (κ1) is 34.2. The van der Waals surface area contributed by atoms with Crippen molar-refractivity contribution >= 4 is 17.1 Å². The van der Waals surface area contributed by atoms with Gasteiger partial charge in [-0.05, 0) is 137 Å². The number of nitrogens with zero attached hydrogens (tertiary/aromatic N) is 1. The van der Waals surface area contributed by atoms with E-state index in [9.17, 15) is 0 Å². The number of anilines is 3. The van der Waals surface area contributed by atoms with Crippen LogP contribution in [0.5, 0.6) is 0 Å². The fourth-order valence-electron chi connectivity index (χ4n) is 8.43. The number of rotatable bonds is 11. The van der Waals surface area contributed by atoms with Crippen LogP contribution >= 0.6 is 0 Å². The van der Waals surface area contributed by atoms with Gasteiger partial charge >= 0.3 is 0 Å². The molecule has 1 nitrogen and oxygen atoms in total. The molecule has 0 aliphatic carbocycles. The zero-order valence-corrected chi connectivity index (χ0v) is 30.6. The summed E-state index contributed by atoms with van der Waals surface area (Å²) < 4.78 is 0. The number of hydrogen-bond acceptors (Lipinski definition) is 1. The summed E-state index contributed by atoms with van der Waals surface area (Å²) >= 11 is 0. The van der Waals surface area contributed by atoms with Crippen molar-refractivity contribution in [1.82, 2.24) is 0 Å². The van der Waals surface area contributed by atoms with Crippen LogP contribution in [0.2, 0.25) is 0 Å². The van der Waals surface area contributed by atoms with Crippen molar-refractivity contribution in [2.24, 2.45) is 0 Å². The molecule has 0 aromatic heterocycles. The quantitative estimate of drug-likeness (QED) is 0.142. The van der Waals surface area contributed by atoms with Gasteiger partial charge in [-0.2, -0.15) is 0 Å². The molecule has 5 rings (SSSR count). The lowest BCUT2D eigenvalue weighted by Crippen LogP contribution is -2.27. The second kappa shape index (κ2) is 13.9. The monoisotopic (exact) mass is 621 g/mol. The molecule has 1 heteroatoms. The van der Waals surface area contributed by atoms with E-state index in [2.05, 4.69) is 177 Å². The summed E-state index contributed by atoms with van der Waals surface area (Å²) in [7, 11) is 0. The van der Waals surface area contributed by atoms with E-state index >= 15 is 0 Å². The summed E-state index contributed by atoms with van der Waals surface area (Å²) in [5.74, 6) is 0. The second-order valence-corrected chi connectivity index (χ2v) is 13.9. The molecule has 5 aromatic rings. The Morgan fingerprint density at radius 3 is 1.06 bits per heavy atom. The molecule has 0 radical (unpaired) electrons. The first-order chi connectivity index (χ1) is 22.5. The summed E-state index contributed by atoms with van der Waals surface area (Å²) in [6.07, 6.45) is 4.25. The topological polar surface area (TPSA) is 3.24 Å². The van der Waals surface area contributed by atoms with Crippen LogP contribution in [0.15, 0.2) is 103 Å². The van der Waals surface area contributed by atoms with Crippen LogP contribution in [0.25, 0.3) is 0 Å². The lowest BCUT2D eigenvalue weighted by Gasteiger charge is -2.36. The molecule has 0 amide bonds. The molecule has 0 unspecified atom stereocenters. The van der Waals surface area contributed by atoms with Gasteiger partial charge in [0, 0.05) is 27.9 Å². The van der Waals surface area contributed by atoms with E-state index in [1.165, 1.54) is 72.7 Å². The van der Waals surface area contributed by atoms with Gasteiger partial charge in [0.2, 0.25) is 0 Å². The van der Waals surface area contributed by atoms with Gasteiger partial charge in [-0.25, -0.2) is 0 Å². The average Bonchev–Trinajstić information content (AvgIpc) is 3.06. The van der Waals surface area contributed by atoms with Gasteiger partial charge in [-0.3, -0.25) is 0 Å². The van der Waals surface area contributed by atoms with Gasteiger partial charge < -0.3 is 4.90 Å². The SMILES string of the molecule is CCC(CC)(c1ccc(N(c2ccc(C(CC)(CC)c3ccc(C)cc3C)cc2)c2ccc(C)cc2C)cc1)c1ccc(C)cc1C. The maximum atomic E-state index is 2.44. The third kappa shape index (κ3) is 6.30. The highest BCUT2D eigenvalue weighted by molar-refractivity contribution is 5.79. The molecule has 0 spiro atoms. The zero-order chi connectivity index (χ0) is 33.9. The summed E-state index contributed by atoms with van der Waals surface area (Å²) in [5.41, 5.74) is 17.2. The Morgan fingerprint density at radius 1 is 0.404 bits per heavy atom. The van der Waals surface area contributed by atoms with Crippen molar-refractivity contribution in [3.05, 3.63) is 159 Å². The van der Waals surface area contributed by atoms with E-state index in [0.717, 1.165) is 25.7 Å². The van der Waals surface area contributed by atoms with Crippen LogP contribution in [-0.2, 0) is 10.8 Å². The van der Waals surface area contributed by atoms with Crippen LogP contribution in [0.1, 0.15) is 109 Å². The third-order valence-corrected chi connectivity index (χ3v) is 11.2. The Hall–Kier alpha value is -4.10. The Morgan fingerprint density at radius 2 is 0.745 bits per heavy atom. The molecular formula is C46H55N. The molecule has 47 heavy (non-hydrogen) atoms. The highest BCUT2D eigenvalue weighted by Gasteiger charge is 2.33. The highest BCUT2D eigenvalue weighted by Crippen LogP contribution is 2.45. The van der Waals surface area contributed by atoms with Crippen LogP contribution in [-0.4, -0.2) is 0 Å². The average molecular weight is 622 g/mol. The Balaban J connectivity index is 1.61. The van der Waals surface area contributed by atoms with Crippen LogP contribution in [0, 0.1) is 41.5 Å². The Bertz CT molecular complexity index is 1700. The molecule has 244 valence electrons. The standard InChI is InChI=1S/C46H55N/c1-11-45(12-2,42-26-15-32(5)29-35(42)8)38-18-22-40(23-19-38)47(44-28-17-34(7)31-37(44)10)41-24-20-39(21-25-41)46(13-3,14-4)43-27-16-33(6)30-36(43)9/h15-31H,11-14H2,1-10H3. The molecule has 0 saturated heterocycles. The highest BCUT2D eigenvalue weighted by atomic mass is 15.1. The third-order valence-electron chi connectivity index (χ3n) is 11.2. The van der Waals surface area contributed by atoms with Gasteiger partial charge in [0.05, 0.1) is 0 Å². The summed E-state index contributed by atoms with van der Waals surface area (Å²) in [5, 5.41) is 0. The van der Waals surface area contributed by atoms with Crippen molar-refractivity contribution in [1.29, 1.82) is 0 Å². The van der Waals surface area contributed by atoms with Gasteiger partial charge in [0.1, 0.15) is 0 Å². The molecule has 0 heterocycles. The fourth-order valence-corrected chi connectivity index (χ4v) is 8.43. The summed E-state index contributed by atoms with van der Waals surface area (Å²) in [4.78, 5) is 2.44. The molecular weight excluding hydrogens is 567 g/mol. The normalized spacial score (nSPS) is 12.0. The van der Waals surface area contributed by atoms with Crippen LogP contribution < -0.4 is 4.90 Å². The summed E-state index contributed by atoms with van der Waals surface area (Å²) in [6, 6.07) is 39.6. The Labute approximate surface area is 285 Å². The van der Waals surface area contributed by atoms with Gasteiger partial charge in [0.15, 0.2) is 0 Å². The maximum Gasteiger partial charge on any atom is 0.0490 e. The van der Waals surface area contributed by atoms with Crippen molar-refractivity contribution < 1.29 is 0 Å². The van der Waals surface area contributed by atoms with Crippen LogP contribution in [0.3, 0.4) is 0 Å². The molecule has 0 N–H and O–H groups in total. The van der Waals surface area contributed by atoms with Crippen molar-refractivity contribution in [3.8, 4) is 0 Å². The number of hydrogen-bond donors (Lipinski definition) is 0. The van der Waals surface area contributed by atoms with E-state index in [1.54, 1.807) is 0 Å². The largest absolute Gasteiger partial charge is 0.310 e. The van der Waals surface area contributed by atoms with E-state index in [-0.39, 0.29) is 10.8 Å². The van der Waals surface area contributed by atoms with E-state index in [4.69, 9.17) is 0 Å². The predicted octanol–water partition coefficient (Wildman–Crippen LogP) is 13.2. The lowest BCUT2D eigenvalue weighted by atomic mass is 9.69. The zero-order valence-electron chi connectivity index (χ0n) is 30.6. The minimum Gasteiger partial charge on any atom is -0.310 e. The van der Waals surface area contributed by atoms with Crippen LogP contribution in [0.4, 0.5) is 17.1 Å². The first-order valence-corrected chi connectivity index (χ1v) is 17.8. The number of aryl methyl sites for hydroxylation is 6. The smallest absolute Gasteiger partial charge is 0.0490 e. The maximum absolute atomic E-state index is 2.44. The van der Waals surface area contributed by atoms with E-state index < -0.39 is 0 Å². The minimum absolute atomic E-state index is 0.0136. The van der Waals surface area contributed by atoms with Crippen molar-refractivity contribution in [2.75, 3.05) is 4.90 Å². The Kier molecular flexibility index (Phi) is 10.2. The molecule has 0 fully saturated rings. The second-order valence-electron chi connectivity index (χ2n) is 13.9. The van der Waals surface area contributed by atoms with E-state index in [1.807, 2.05) is 0 Å². The molecule has 5 aromatic carbocycles. The first-order valence-electron chi connectivity index (χ1n) is 17.8. The summed E-state index contributed by atoms with van der Waals surface area (Å²) in [6.45, 7) is 22.7. The number of benzene rings is 5.